The second kappa shape index (κ2) is 8.91. The molecule has 2 aliphatic rings. The van der Waals surface area contributed by atoms with Gasteiger partial charge in [-0.1, -0.05) is 29.8 Å². The number of pyridine rings is 1. The Labute approximate surface area is 203 Å². The van der Waals surface area contributed by atoms with Gasteiger partial charge in [0.15, 0.2) is 0 Å². The van der Waals surface area contributed by atoms with Crippen LogP contribution in [0.25, 0.3) is 11.3 Å². The second-order valence-corrected chi connectivity index (χ2v) is 9.27. The fourth-order valence-electron chi connectivity index (χ4n) is 4.29. The molecule has 7 nitrogen and oxygen atoms in total. The highest BCUT2D eigenvalue weighted by atomic mass is 16.5. The van der Waals surface area contributed by atoms with Crippen LogP contribution in [0.1, 0.15) is 35.7 Å². The number of amides is 1. The monoisotopic (exact) mass is 466 g/mol. The number of ether oxygens (including phenoxy) is 2. The van der Waals surface area contributed by atoms with Crippen LogP contribution in [-0.2, 0) is 11.2 Å². The van der Waals surface area contributed by atoms with E-state index in [-0.39, 0.29) is 17.7 Å². The summed E-state index contributed by atoms with van der Waals surface area (Å²) in [7, 11) is 0. The molecule has 0 saturated heterocycles. The average molecular weight is 467 g/mol. The molecular formula is C28H26N4O3. The Morgan fingerprint density at radius 2 is 1.89 bits per heavy atom. The lowest BCUT2D eigenvalue weighted by Crippen LogP contribution is -2.20. The highest BCUT2D eigenvalue weighted by Gasteiger charge is 2.30. The number of H-pyrrole nitrogens is 1. The van der Waals surface area contributed by atoms with E-state index in [0.29, 0.717) is 23.9 Å². The Morgan fingerprint density at radius 1 is 1.06 bits per heavy atom. The molecule has 2 aromatic heterocycles. The zero-order chi connectivity index (χ0) is 23.8. The van der Waals surface area contributed by atoms with E-state index >= 15 is 0 Å². The maximum absolute atomic E-state index is 12.0. The number of nitrogens with one attached hydrogen (secondary N) is 2. The number of imidazole rings is 1. The maximum Gasteiger partial charge on any atom is 0.228 e. The smallest absolute Gasteiger partial charge is 0.228 e. The van der Waals surface area contributed by atoms with Crippen molar-refractivity contribution >= 4 is 11.7 Å². The van der Waals surface area contributed by atoms with Crippen molar-refractivity contribution in [2.24, 2.45) is 5.92 Å². The third-order valence-electron chi connectivity index (χ3n) is 6.45. The second-order valence-electron chi connectivity index (χ2n) is 9.27. The van der Waals surface area contributed by atoms with E-state index in [4.69, 9.17) is 9.47 Å². The number of benzene rings is 2. The molecule has 1 aliphatic heterocycles. The minimum absolute atomic E-state index is 0.0232. The summed E-state index contributed by atoms with van der Waals surface area (Å²) < 4.78 is 12.1. The lowest BCUT2D eigenvalue weighted by atomic mass is 9.96. The van der Waals surface area contributed by atoms with E-state index in [2.05, 4.69) is 51.5 Å². The molecule has 1 unspecified atom stereocenters. The van der Waals surface area contributed by atoms with Crippen LogP contribution in [0.15, 0.2) is 67.0 Å². The molecule has 3 heterocycles. The summed E-state index contributed by atoms with van der Waals surface area (Å²) in [4.78, 5) is 24.4. The van der Waals surface area contributed by atoms with Gasteiger partial charge in [-0.05, 0) is 61.6 Å². The van der Waals surface area contributed by atoms with Crippen molar-refractivity contribution in [2.45, 2.75) is 32.1 Å². The highest BCUT2D eigenvalue weighted by Crippen LogP contribution is 2.36. The fraction of sp³-hybridized carbons (Fsp3) is 0.250. The number of rotatable bonds is 6. The number of nitrogens with zero attached hydrogens (tertiary/aromatic N) is 2. The Kier molecular flexibility index (Phi) is 5.45. The van der Waals surface area contributed by atoms with Crippen LogP contribution in [0.4, 0.5) is 5.82 Å². The number of hydrogen-bond donors (Lipinski definition) is 2. The van der Waals surface area contributed by atoms with Crippen LogP contribution in [0.3, 0.4) is 0 Å². The van der Waals surface area contributed by atoms with Crippen LogP contribution in [0, 0.1) is 12.8 Å². The van der Waals surface area contributed by atoms with Gasteiger partial charge in [-0.15, -0.1) is 0 Å². The summed E-state index contributed by atoms with van der Waals surface area (Å²) >= 11 is 0. The first kappa shape index (κ1) is 21.4. The molecule has 0 radical (unpaired) electrons. The normalized spacial score (nSPS) is 16.8. The van der Waals surface area contributed by atoms with E-state index in [9.17, 15) is 4.79 Å². The summed E-state index contributed by atoms with van der Waals surface area (Å²) in [6.45, 7) is 2.65. The van der Waals surface area contributed by atoms with E-state index in [1.807, 2.05) is 24.4 Å². The molecule has 1 amide bonds. The Bertz CT molecular complexity index is 1380. The fourth-order valence-corrected chi connectivity index (χ4v) is 4.29. The maximum atomic E-state index is 12.0. The quantitative estimate of drug-likeness (QED) is 0.384. The van der Waals surface area contributed by atoms with E-state index in [1.165, 1.54) is 5.56 Å². The van der Waals surface area contributed by atoms with Gasteiger partial charge in [-0.25, -0.2) is 9.97 Å². The average Bonchev–Trinajstić information content (AvgIpc) is 3.61. The van der Waals surface area contributed by atoms with Gasteiger partial charge in [0.2, 0.25) is 5.91 Å². The predicted octanol–water partition coefficient (Wildman–Crippen LogP) is 5.64. The lowest BCUT2D eigenvalue weighted by Gasteiger charge is -2.24. The van der Waals surface area contributed by atoms with Crippen molar-refractivity contribution in [2.75, 3.05) is 11.9 Å². The van der Waals surface area contributed by atoms with E-state index in [0.717, 1.165) is 47.7 Å². The minimum Gasteiger partial charge on any atom is -0.493 e. The Hall–Kier alpha value is -4.13. The van der Waals surface area contributed by atoms with Crippen molar-refractivity contribution in [3.8, 4) is 28.5 Å². The van der Waals surface area contributed by atoms with Crippen LogP contribution >= 0.6 is 0 Å². The molecule has 0 bridgehead atoms. The first-order chi connectivity index (χ1) is 17.1. The van der Waals surface area contributed by atoms with Crippen LogP contribution in [0.2, 0.25) is 0 Å². The van der Waals surface area contributed by atoms with Crippen molar-refractivity contribution in [1.29, 1.82) is 0 Å². The molecule has 6 rings (SSSR count). The lowest BCUT2D eigenvalue weighted by molar-refractivity contribution is -0.117. The van der Waals surface area contributed by atoms with Gasteiger partial charge in [-0.3, -0.25) is 4.79 Å². The number of fused-ring (bicyclic) bond motifs is 1. The Morgan fingerprint density at radius 3 is 2.71 bits per heavy atom. The van der Waals surface area contributed by atoms with Gasteiger partial charge in [0.1, 0.15) is 28.9 Å². The van der Waals surface area contributed by atoms with Crippen molar-refractivity contribution in [3.63, 3.8) is 0 Å². The van der Waals surface area contributed by atoms with Crippen LogP contribution in [0.5, 0.6) is 17.2 Å². The number of aryl methyl sites for hydroxylation is 1. The largest absolute Gasteiger partial charge is 0.493 e. The zero-order valence-electron chi connectivity index (χ0n) is 19.5. The van der Waals surface area contributed by atoms with Crippen molar-refractivity contribution in [1.82, 2.24) is 15.0 Å². The summed E-state index contributed by atoms with van der Waals surface area (Å²) in [5.74, 6) is 3.89. The number of carbonyl (C=O) groups excluding carboxylic acids is 1. The minimum atomic E-state index is 0.0232. The molecule has 1 aliphatic carbocycles. The van der Waals surface area contributed by atoms with Gasteiger partial charge in [0, 0.05) is 18.2 Å². The SMILES string of the molecule is Cc1ccc(-c2cnc(C3COc4ccc(Oc5ccnc(NC(=O)C6CC6)c5)cc4C3)[nH]2)cc1. The zero-order valence-corrected chi connectivity index (χ0v) is 19.5. The topological polar surface area (TPSA) is 89.1 Å². The predicted molar refractivity (Wildman–Crippen MR) is 133 cm³/mol. The summed E-state index contributed by atoms with van der Waals surface area (Å²) in [6, 6.07) is 17.8. The third kappa shape index (κ3) is 4.75. The molecule has 35 heavy (non-hydrogen) atoms. The molecule has 4 aromatic rings. The molecule has 2 N–H and O–H groups in total. The molecular weight excluding hydrogens is 440 g/mol. The highest BCUT2D eigenvalue weighted by molar-refractivity contribution is 5.93. The standard InChI is InChI=1S/C28H26N4O3/c1-17-2-4-18(5-3-17)24-15-30-27(31-24)21-12-20-13-22(8-9-25(20)34-16-21)35-23-10-11-29-26(14-23)32-28(33)19-6-7-19/h2-5,8-11,13-15,19,21H,6-7,12,16H2,1H3,(H,30,31)(H,29,32,33). The number of aromatic amines is 1. The van der Waals surface area contributed by atoms with Gasteiger partial charge in [-0.2, -0.15) is 0 Å². The van der Waals surface area contributed by atoms with Gasteiger partial charge in [0.25, 0.3) is 0 Å². The Balaban J connectivity index is 1.16. The summed E-state index contributed by atoms with van der Waals surface area (Å²) in [5, 5.41) is 2.86. The third-order valence-corrected chi connectivity index (χ3v) is 6.45. The molecule has 176 valence electrons. The van der Waals surface area contributed by atoms with Crippen LogP contribution in [-0.4, -0.2) is 27.5 Å². The van der Waals surface area contributed by atoms with E-state index < -0.39 is 0 Å². The van der Waals surface area contributed by atoms with Gasteiger partial charge in [0.05, 0.1) is 24.4 Å². The van der Waals surface area contributed by atoms with E-state index in [1.54, 1.807) is 18.3 Å². The number of anilines is 1. The van der Waals surface area contributed by atoms with Crippen molar-refractivity contribution in [3.05, 3.63) is 83.9 Å². The number of carbonyl (C=O) groups is 1. The summed E-state index contributed by atoms with van der Waals surface area (Å²) in [6.07, 6.45) is 6.22. The van der Waals surface area contributed by atoms with Gasteiger partial charge < -0.3 is 19.8 Å². The molecule has 1 saturated carbocycles. The van der Waals surface area contributed by atoms with Crippen molar-refractivity contribution < 1.29 is 14.3 Å². The molecule has 1 atom stereocenters. The first-order valence-corrected chi connectivity index (χ1v) is 11.9. The number of aromatic nitrogens is 3. The van der Waals surface area contributed by atoms with Gasteiger partial charge >= 0.3 is 0 Å². The van der Waals surface area contributed by atoms with Crippen LogP contribution < -0.4 is 14.8 Å². The molecule has 2 aromatic carbocycles. The summed E-state index contributed by atoms with van der Waals surface area (Å²) in [5.41, 5.74) is 4.43. The molecule has 0 spiro atoms. The molecule has 7 heteroatoms. The number of hydrogen-bond acceptors (Lipinski definition) is 5. The first-order valence-electron chi connectivity index (χ1n) is 11.9. The molecule has 1 fully saturated rings.